The summed E-state index contributed by atoms with van der Waals surface area (Å²) in [6.45, 7) is 7.03. The first-order valence-electron chi connectivity index (χ1n) is 6.37. The predicted octanol–water partition coefficient (Wildman–Crippen LogP) is 2.64. The van der Waals surface area contributed by atoms with Gasteiger partial charge in [0.1, 0.15) is 11.4 Å². The lowest BCUT2D eigenvalue weighted by Crippen LogP contribution is -2.49. The van der Waals surface area contributed by atoms with Gasteiger partial charge in [-0.3, -0.25) is 0 Å². The van der Waals surface area contributed by atoms with E-state index < -0.39 is 11.2 Å². The highest BCUT2D eigenvalue weighted by molar-refractivity contribution is 5.56. The zero-order valence-electron chi connectivity index (χ0n) is 13.2. The first-order valence-corrected chi connectivity index (χ1v) is 6.37. The molecule has 1 aromatic rings. The molecule has 0 bridgehead atoms. The molecule has 20 heavy (non-hydrogen) atoms. The number of hydrogen-bond acceptors (Lipinski definition) is 5. The molecular formula is C15H24O5. The molecule has 0 fully saturated rings. The fourth-order valence-electron chi connectivity index (χ4n) is 1.54. The van der Waals surface area contributed by atoms with Gasteiger partial charge in [-0.05, 0) is 27.7 Å². The Morgan fingerprint density at radius 1 is 0.850 bits per heavy atom. The van der Waals surface area contributed by atoms with E-state index in [1.165, 1.54) is 0 Å². The quantitative estimate of drug-likeness (QED) is 0.870. The van der Waals surface area contributed by atoms with E-state index in [1.54, 1.807) is 47.3 Å². The van der Waals surface area contributed by atoms with Gasteiger partial charge in [-0.25, -0.2) is 0 Å². The average Bonchev–Trinajstić information content (AvgIpc) is 2.35. The molecule has 1 rings (SSSR count). The molecule has 0 heterocycles. The highest BCUT2D eigenvalue weighted by atomic mass is 16.5. The van der Waals surface area contributed by atoms with E-state index in [-0.39, 0.29) is 0 Å². The number of hydrogen-bond donors (Lipinski definition) is 1. The third-order valence-electron chi connectivity index (χ3n) is 3.48. The molecule has 0 atom stereocenters. The average molecular weight is 284 g/mol. The Labute approximate surface area is 120 Å². The van der Waals surface area contributed by atoms with Gasteiger partial charge in [-0.1, -0.05) is 0 Å². The minimum absolute atomic E-state index is 0.503. The summed E-state index contributed by atoms with van der Waals surface area (Å²) in [6, 6.07) is 3.41. The Morgan fingerprint density at radius 3 is 1.60 bits per heavy atom. The number of rotatable bonds is 6. The number of aliphatic hydroxyl groups is 1. The van der Waals surface area contributed by atoms with Crippen LogP contribution in [0.1, 0.15) is 27.7 Å². The van der Waals surface area contributed by atoms with Crippen molar-refractivity contribution in [1.82, 2.24) is 0 Å². The molecule has 0 saturated heterocycles. The molecule has 5 nitrogen and oxygen atoms in total. The standard InChI is InChI=1S/C15H24O5/c1-14(2,16)15(3,4)20-10-8-11(17-5)13(19-7)12(9-10)18-6/h8-9,16H,1-7H3. The third-order valence-corrected chi connectivity index (χ3v) is 3.48. The van der Waals surface area contributed by atoms with Crippen LogP contribution in [0.5, 0.6) is 23.0 Å². The van der Waals surface area contributed by atoms with Crippen molar-refractivity contribution in [1.29, 1.82) is 0 Å². The molecule has 0 amide bonds. The predicted molar refractivity (Wildman–Crippen MR) is 77.1 cm³/mol. The molecule has 0 unspecified atom stereocenters. The molecule has 0 aliphatic rings. The molecule has 0 radical (unpaired) electrons. The second-order valence-electron chi connectivity index (χ2n) is 5.53. The lowest BCUT2D eigenvalue weighted by molar-refractivity contribution is -0.0907. The van der Waals surface area contributed by atoms with Crippen molar-refractivity contribution in [3.63, 3.8) is 0 Å². The first kappa shape index (κ1) is 16.4. The molecule has 5 heteroatoms. The van der Waals surface area contributed by atoms with Crippen molar-refractivity contribution >= 4 is 0 Å². The topological polar surface area (TPSA) is 57.2 Å². The number of methoxy groups -OCH3 is 3. The maximum absolute atomic E-state index is 10.1. The molecule has 1 N–H and O–H groups in total. The van der Waals surface area contributed by atoms with E-state index in [1.807, 2.05) is 13.8 Å². The van der Waals surface area contributed by atoms with Gasteiger partial charge < -0.3 is 24.1 Å². The van der Waals surface area contributed by atoms with Gasteiger partial charge in [0.25, 0.3) is 0 Å². The Kier molecular flexibility index (Phi) is 4.76. The van der Waals surface area contributed by atoms with Crippen LogP contribution in [-0.2, 0) is 0 Å². The van der Waals surface area contributed by atoms with Crippen LogP contribution in [0.25, 0.3) is 0 Å². The van der Waals surface area contributed by atoms with Crippen LogP contribution in [0, 0.1) is 0 Å². The Hall–Kier alpha value is -1.62. The summed E-state index contributed by atoms with van der Waals surface area (Å²) >= 11 is 0. The highest BCUT2D eigenvalue weighted by Gasteiger charge is 2.37. The van der Waals surface area contributed by atoms with Crippen LogP contribution >= 0.6 is 0 Å². The molecule has 1 aromatic carbocycles. The van der Waals surface area contributed by atoms with Crippen LogP contribution in [0.15, 0.2) is 12.1 Å². The number of ether oxygens (including phenoxy) is 4. The lowest BCUT2D eigenvalue weighted by Gasteiger charge is -2.37. The van der Waals surface area contributed by atoms with E-state index in [9.17, 15) is 5.11 Å². The van der Waals surface area contributed by atoms with Crippen molar-refractivity contribution < 1.29 is 24.1 Å². The summed E-state index contributed by atoms with van der Waals surface area (Å²) < 4.78 is 21.7. The fraction of sp³-hybridized carbons (Fsp3) is 0.600. The van der Waals surface area contributed by atoms with Crippen LogP contribution in [-0.4, -0.2) is 37.6 Å². The van der Waals surface area contributed by atoms with Gasteiger partial charge in [-0.2, -0.15) is 0 Å². The Morgan fingerprint density at radius 2 is 1.30 bits per heavy atom. The highest BCUT2D eigenvalue weighted by Crippen LogP contribution is 2.42. The summed E-state index contributed by atoms with van der Waals surface area (Å²) in [6.07, 6.45) is 0. The molecule has 0 aliphatic heterocycles. The van der Waals surface area contributed by atoms with Gasteiger partial charge in [0.2, 0.25) is 5.75 Å². The minimum Gasteiger partial charge on any atom is -0.493 e. The summed E-state index contributed by atoms with van der Waals surface area (Å²) in [5.74, 6) is 2.05. The molecule has 0 saturated carbocycles. The molecule has 0 aliphatic carbocycles. The van der Waals surface area contributed by atoms with E-state index in [4.69, 9.17) is 18.9 Å². The summed E-state index contributed by atoms with van der Waals surface area (Å²) in [7, 11) is 4.63. The van der Waals surface area contributed by atoms with Crippen molar-refractivity contribution in [3.05, 3.63) is 12.1 Å². The number of benzene rings is 1. The summed E-state index contributed by atoms with van der Waals surface area (Å²) in [5.41, 5.74) is -1.79. The maximum Gasteiger partial charge on any atom is 0.203 e. The van der Waals surface area contributed by atoms with Crippen molar-refractivity contribution in [2.24, 2.45) is 0 Å². The normalized spacial score (nSPS) is 12.0. The van der Waals surface area contributed by atoms with Gasteiger partial charge >= 0.3 is 0 Å². The van der Waals surface area contributed by atoms with E-state index in [2.05, 4.69) is 0 Å². The minimum atomic E-state index is -1.01. The third kappa shape index (κ3) is 3.28. The van der Waals surface area contributed by atoms with Gasteiger partial charge in [0.05, 0.1) is 26.9 Å². The zero-order chi connectivity index (χ0) is 15.6. The SMILES string of the molecule is COc1cc(OC(C)(C)C(C)(C)O)cc(OC)c1OC. The molecule has 114 valence electrons. The molecular weight excluding hydrogens is 260 g/mol. The molecule has 0 aromatic heterocycles. The molecule has 0 spiro atoms. The summed E-state index contributed by atoms with van der Waals surface area (Å²) in [5, 5.41) is 10.1. The van der Waals surface area contributed by atoms with E-state index in [0.717, 1.165) is 0 Å². The second-order valence-corrected chi connectivity index (χ2v) is 5.53. The van der Waals surface area contributed by atoms with Gasteiger partial charge in [0, 0.05) is 12.1 Å². The van der Waals surface area contributed by atoms with Crippen molar-refractivity contribution in [2.45, 2.75) is 38.9 Å². The smallest absolute Gasteiger partial charge is 0.203 e. The summed E-state index contributed by atoms with van der Waals surface area (Å²) in [4.78, 5) is 0. The van der Waals surface area contributed by atoms with Gasteiger partial charge in [-0.15, -0.1) is 0 Å². The second kappa shape index (κ2) is 5.79. The van der Waals surface area contributed by atoms with Gasteiger partial charge in [0.15, 0.2) is 11.5 Å². The van der Waals surface area contributed by atoms with E-state index in [0.29, 0.717) is 23.0 Å². The van der Waals surface area contributed by atoms with Crippen LogP contribution in [0.2, 0.25) is 0 Å². The van der Waals surface area contributed by atoms with Crippen LogP contribution in [0.4, 0.5) is 0 Å². The Bertz CT molecular complexity index is 435. The van der Waals surface area contributed by atoms with Crippen molar-refractivity contribution in [3.8, 4) is 23.0 Å². The maximum atomic E-state index is 10.1. The fourth-order valence-corrected chi connectivity index (χ4v) is 1.54. The first-order chi connectivity index (χ1) is 9.16. The monoisotopic (exact) mass is 284 g/mol. The Balaban J connectivity index is 3.21. The van der Waals surface area contributed by atoms with Crippen LogP contribution < -0.4 is 18.9 Å². The van der Waals surface area contributed by atoms with Crippen molar-refractivity contribution in [2.75, 3.05) is 21.3 Å². The largest absolute Gasteiger partial charge is 0.493 e. The van der Waals surface area contributed by atoms with E-state index >= 15 is 0 Å². The zero-order valence-corrected chi connectivity index (χ0v) is 13.2. The van der Waals surface area contributed by atoms with Crippen LogP contribution in [0.3, 0.4) is 0 Å². The lowest BCUT2D eigenvalue weighted by atomic mass is 9.89.